The van der Waals surface area contributed by atoms with Gasteiger partial charge in [0.15, 0.2) is 0 Å². The summed E-state index contributed by atoms with van der Waals surface area (Å²) < 4.78 is 0. The molecule has 0 aromatic heterocycles. The third-order valence-corrected chi connectivity index (χ3v) is 2.42. The summed E-state index contributed by atoms with van der Waals surface area (Å²) in [6.45, 7) is 10.4. The zero-order valence-corrected chi connectivity index (χ0v) is 10.5. The Bertz CT molecular complexity index is 203. The van der Waals surface area contributed by atoms with Crippen LogP contribution < -0.4 is 0 Å². The Morgan fingerprint density at radius 3 is 2.27 bits per heavy atom. The standard InChI is InChI=1S/C12H24N2O/c1-5-7-14(11(9-13)10-15)8-6-12(2,3)4/h11,15H,5-8,10H2,1-4H3/t11-/m0/s1. The molecule has 15 heavy (non-hydrogen) atoms. The fourth-order valence-electron chi connectivity index (χ4n) is 1.43. The fraction of sp³-hybridized carbons (Fsp3) is 0.917. The van der Waals surface area contributed by atoms with Crippen molar-refractivity contribution in [3.8, 4) is 6.07 Å². The van der Waals surface area contributed by atoms with Gasteiger partial charge in [-0.25, -0.2) is 0 Å². The van der Waals surface area contributed by atoms with Gasteiger partial charge < -0.3 is 5.11 Å². The topological polar surface area (TPSA) is 47.3 Å². The molecule has 0 aliphatic rings. The van der Waals surface area contributed by atoms with Gasteiger partial charge in [-0.3, -0.25) is 4.90 Å². The lowest BCUT2D eigenvalue weighted by Crippen LogP contribution is -2.39. The van der Waals surface area contributed by atoms with Crippen LogP contribution >= 0.6 is 0 Å². The van der Waals surface area contributed by atoms with Crippen molar-refractivity contribution in [2.45, 2.75) is 46.6 Å². The summed E-state index contributed by atoms with van der Waals surface area (Å²) in [4.78, 5) is 2.07. The predicted molar refractivity (Wildman–Crippen MR) is 62.4 cm³/mol. The van der Waals surface area contributed by atoms with Crippen LogP contribution in [0.25, 0.3) is 0 Å². The molecule has 0 saturated carbocycles. The Morgan fingerprint density at radius 1 is 1.33 bits per heavy atom. The Kier molecular flexibility index (Phi) is 6.55. The number of nitriles is 1. The minimum absolute atomic E-state index is 0.0688. The minimum Gasteiger partial charge on any atom is -0.394 e. The quantitative estimate of drug-likeness (QED) is 0.732. The van der Waals surface area contributed by atoms with Crippen molar-refractivity contribution in [2.75, 3.05) is 19.7 Å². The maximum absolute atomic E-state index is 9.09. The summed E-state index contributed by atoms with van der Waals surface area (Å²) >= 11 is 0. The van der Waals surface area contributed by atoms with Crippen molar-refractivity contribution in [3.05, 3.63) is 0 Å². The molecular formula is C12H24N2O. The molecule has 0 rings (SSSR count). The highest BCUT2D eigenvalue weighted by molar-refractivity contribution is 4.91. The number of aliphatic hydroxyl groups is 1. The van der Waals surface area contributed by atoms with Crippen LogP contribution in [0.5, 0.6) is 0 Å². The normalized spacial score (nSPS) is 13.9. The Hall–Kier alpha value is -0.590. The van der Waals surface area contributed by atoms with Crippen molar-refractivity contribution in [1.29, 1.82) is 5.26 Å². The molecule has 0 amide bonds. The van der Waals surface area contributed by atoms with Crippen molar-refractivity contribution < 1.29 is 5.11 Å². The van der Waals surface area contributed by atoms with Gasteiger partial charge in [-0.15, -0.1) is 0 Å². The van der Waals surface area contributed by atoms with Gasteiger partial charge in [0.25, 0.3) is 0 Å². The third-order valence-electron chi connectivity index (χ3n) is 2.42. The van der Waals surface area contributed by atoms with Crippen LogP contribution in [0.3, 0.4) is 0 Å². The van der Waals surface area contributed by atoms with E-state index in [0.29, 0.717) is 0 Å². The summed E-state index contributed by atoms with van der Waals surface area (Å²) in [5.74, 6) is 0. The Balaban J connectivity index is 4.21. The number of hydrogen-bond donors (Lipinski definition) is 1. The highest BCUT2D eigenvalue weighted by Gasteiger charge is 2.19. The molecule has 0 saturated heterocycles. The van der Waals surface area contributed by atoms with Gasteiger partial charge in [-0.2, -0.15) is 5.26 Å². The van der Waals surface area contributed by atoms with E-state index in [4.69, 9.17) is 10.4 Å². The smallest absolute Gasteiger partial charge is 0.121 e. The molecule has 1 N–H and O–H groups in total. The molecule has 0 aromatic carbocycles. The SMILES string of the molecule is CCCN(CCC(C)(C)C)[C@@H](C#N)CO. The highest BCUT2D eigenvalue weighted by atomic mass is 16.3. The summed E-state index contributed by atoms with van der Waals surface area (Å²) in [6.07, 6.45) is 2.06. The van der Waals surface area contributed by atoms with Crippen molar-refractivity contribution >= 4 is 0 Å². The summed E-state index contributed by atoms with van der Waals surface area (Å²) in [5, 5.41) is 18.0. The largest absolute Gasteiger partial charge is 0.394 e. The van der Waals surface area contributed by atoms with E-state index in [9.17, 15) is 0 Å². The predicted octanol–water partition coefficient (Wildman–Crippen LogP) is 2.02. The second kappa shape index (κ2) is 6.81. The van der Waals surface area contributed by atoms with Gasteiger partial charge in [0.05, 0.1) is 12.7 Å². The van der Waals surface area contributed by atoms with Crippen LogP contribution in [-0.4, -0.2) is 35.7 Å². The van der Waals surface area contributed by atoms with E-state index >= 15 is 0 Å². The van der Waals surface area contributed by atoms with Crippen LogP contribution in [0, 0.1) is 16.7 Å². The van der Waals surface area contributed by atoms with Crippen LogP contribution in [0.2, 0.25) is 0 Å². The molecule has 0 radical (unpaired) electrons. The van der Waals surface area contributed by atoms with Gasteiger partial charge in [0, 0.05) is 0 Å². The van der Waals surface area contributed by atoms with E-state index in [1.54, 1.807) is 0 Å². The molecule has 0 aliphatic carbocycles. The van der Waals surface area contributed by atoms with E-state index in [2.05, 4.69) is 38.7 Å². The number of rotatable bonds is 6. The molecule has 0 heterocycles. The van der Waals surface area contributed by atoms with Gasteiger partial charge in [-0.1, -0.05) is 27.7 Å². The van der Waals surface area contributed by atoms with Gasteiger partial charge in [0.1, 0.15) is 6.04 Å². The maximum atomic E-state index is 9.09. The van der Waals surface area contributed by atoms with Crippen LogP contribution in [-0.2, 0) is 0 Å². The van der Waals surface area contributed by atoms with Gasteiger partial charge >= 0.3 is 0 Å². The van der Waals surface area contributed by atoms with E-state index in [1.165, 1.54) is 0 Å². The molecule has 0 unspecified atom stereocenters. The fourth-order valence-corrected chi connectivity index (χ4v) is 1.43. The van der Waals surface area contributed by atoms with E-state index in [1.807, 2.05) is 0 Å². The van der Waals surface area contributed by atoms with Gasteiger partial charge in [-0.05, 0) is 31.3 Å². The van der Waals surface area contributed by atoms with Crippen molar-refractivity contribution in [1.82, 2.24) is 4.90 Å². The maximum Gasteiger partial charge on any atom is 0.121 e. The lowest BCUT2D eigenvalue weighted by molar-refractivity contribution is 0.141. The molecule has 88 valence electrons. The zero-order chi connectivity index (χ0) is 11.9. The molecule has 0 fully saturated rings. The molecule has 0 aliphatic heterocycles. The summed E-state index contributed by atoms with van der Waals surface area (Å²) in [6, 6.07) is 1.81. The van der Waals surface area contributed by atoms with E-state index < -0.39 is 0 Å². The first-order chi connectivity index (χ1) is 6.94. The molecule has 0 aromatic rings. The molecule has 0 spiro atoms. The van der Waals surface area contributed by atoms with Gasteiger partial charge in [0.2, 0.25) is 0 Å². The molecule has 3 nitrogen and oxygen atoms in total. The third kappa shape index (κ3) is 6.48. The summed E-state index contributed by atoms with van der Waals surface area (Å²) in [7, 11) is 0. The molecule has 0 bridgehead atoms. The van der Waals surface area contributed by atoms with E-state index in [0.717, 1.165) is 25.9 Å². The van der Waals surface area contributed by atoms with Crippen LogP contribution in [0.1, 0.15) is 40.5 Å². The highest BCUT2D eigenvalue weighted by Crippen LogP contribution is 2.19. The lowest BCUT2D eigenvalue weighted by Gasteiger charge is -2.28. The van der Waals surface area contributed by atoms with Crippen molar-refractivity contribution in [3.63, 3.8) is 0 Å². The first-order valence-corrected chi connectivity index (χ1v) is 5.69. The molecule has 1 atom stereocenters. The Morgan fingerprint density at radius 2 is 1.93 bits per heavy atom. The monoisotopic (exact) mass is 212 g/mol. The minimum atomic E-state index is -0.340. The van der Waals surface area contributed by atoms with Crippen molar-refractivity contribution in [2.24, 2.45) is 5.41 Å². The average molecular weight is 212 g/mol. The number of hydrogen-bond acceptors (Lipinski definition) is 3. The molecular weight excluding hydrogens is 188 g/mol. The number of nitrogens with zero attached hydrogens (tertiary/aromatic N) is 2. The first-order valence-electron chi connectivity index (χ1n) is 5.69. The van der Waals surface area contributed by atoms with E-state index in [-0.39, 0.29) is 18.1 Å². The second-order valence-corrected chi connectivity index (χ2v) is 5.17. The average Bonchev–Trinajstić information content (AvgIpc) is 2.14. The first kappa shape index (κ1) is 14.4. The lowest BCUT2D eigenvalue weighted by atomic mass is 9.92. The Labute approximate surface area is 93.7 Å². The summed E-state index contributed by atoms with van der Waals surface area (Å²) in [5.41, 5.74) is 0.279. The van der Waals surface area contributed by atoms with Crippen LogP contribution in [0.4, 0.5) is 0 Å². The zero-order valence-electron chi connectivity index (χ0n) is 10.5. The molecule has 3 heteroatoms. The number of aliphatic hydroxyl groups excluding tert-OH is 1. The van der Waals surface area contributed by atoms with Crippen LogP contribution in [0.15, 0.2) is 0 Å². The second-order valence-electron chi connectivity index (χ2n) is 5.17.